The molecule has 0 aliphatic carbocycles. The van der Waals surface area contributed by atoms with Crippen LogP contribution in [0.25, 0.3) is 6.08 Å². The van der Waals surface area contributed by atoms with Crippen LogP contribution in [0.5, 0.6) is 0 Å². The Kier molecular flexibility index (Phi) is 5.99. The van der Waals surface area contributed by atoms with Gasteiger partial charge in [-0.1, -0.05) is 12.1 Å². The second-order valence-electron chi connectivity index (χ2n) is 4.95. The number of anilines is 2. The topological polar surface area (TPSA) is 111 Å². The summed E-state index contributed by atoms with van der Waals surface area (Å²) in [7, 11) is 1.13. The predicted octanol–water partition coefficient (Wildman–Crippen LogP) is 3.56. The maximum atomic E-state index is 13.6. The molecule has 26 heavy (non-hydrogen) atoms. The largest absolute Gasteiger partial charge is 0.453 e. The summed E-state index contributed by atoms with van der Waals surface area (Å²) in [5.74, 6) is -1.29. The van der Waals surface area contributed by atoms with Gasteiger partial charge in [0.15, 0.2) is 0 Å². The van der Waals surface area contributed by atoms with Crippen molar-refractivity contribution < 1.29 is 23.6 Å². The molecule has 2 aromatic rings. The molecule has 2 aromatic carbocycles. The van der Waals surface area contributed by atoms with E-state index in [2.05, 4.69) is 15.4 Å². The summed E-state index contributed by atoms with van der Waals surface area (Å²) in [6.07, 6.45) is 1.55. The normalized spacial score (nSPS) is 10.4. The molecular formula is C17H14FN3O5. The Morgan fingerprint density at radius 3 is 2.62 bits per heavy atom. The summed E-state index contributed by atoms with van der Waals surface area (Å²) in [4.78, 5) is 33.5. The first-order chi connectivity index (χ1) is 12.4. The number of halogens is 1. The first kappa shape index (κ1) is 18.6. The molecule has 0 radical (unpaired) electrons. The molecule has 0 atom stereocenters. The molecule has 0 saturated carbocycles. The summed E-state index contributed by atoms with van der Waals surface area (Å²) >= 11 is 0. The zero-order chi connectivity index (χ0) is 19.1. The molecule has 0 spiro atoms. The summed E-state index contributed by atoms with van der Waals surface area (Å²) in [5, 5.41) is 15.6. The van der Waals surface area contributed by atoms with Crippen molar-refractivity contribution in [2.75, 3.05) is 17.7 Å². The lowest BCUT2D eigenvalue weighted by Gasteiger charge is -2.08. The fourth-order valence-corrected chi connectivity index (χ4v) is 2.00. The number of carbonyl (C=O) groups excluding carboxylic acids is 2. The number of benzene rings is 2. The summed E-state index contributed by atoms with van der Waals surface area (Å²) < 4.78 is 18.0. The number of nitrogens with one attached hydrogen (secondary N) is 2. The first-order valence-electron chi connectivity index (χ1n) is 7.27. The molecule has 8 nitrogen and oxygen atoms in total. The van der Waals surface area contributed by atoms with E-state index in [9.17, 15) is 24.1 Å². The van der Waals surface area contributed by atoms with Crippen LogP contribution >= 0.6 is 0 Å². The van der Waals surface area contributed by atoms with Crippen molar-refractivity contribution in [3.05, 3.63) is 70.0 Å². The number of amides is 2. The maximum Gasteiger partial charge on any atom is 0.411 e. The number of ether oxygens (including phenoxy) is 1. The number of methoxy groups -OCH3 is 1. The van der Waals surface area contributed by atoms with Gasteiger partial charge < -0.3 is 10.1 Å². The van der Waals surface area contributed by atoms with Gasteiger partial charge in [0, 0.05) is 17.8 Å². The lowest BCUT2D eigenvalue weighted by Crippen LogP contribution is -2.13. The molecule has 9 heteroatoms. The van der Waals surface area contributed by atoms with Crippen LogP contribution in [0.1, 0.15) is 5.56 Å². The van der Waals surface area contributed by atoms with Gasteiger partial charge in [-0.3, -0.25) is 20.2 Å². The number of para-hydroxylation sites is 1. The lowest BCUT2D eigenvalue weighted by atomic mass is 10.1. The molecule has 134 valence electrons. The smallest absolute Gasteiger partial charge is 0.411 e. The molecule has 2 rings (SSSR count). The fraction of sp³-hybridized carbons (Fsp3) is 0.0588. The van der Waals surface area contributed by atoms with Crippen LogP contribution in [0.15, 0.2) is 48.5 Å². The van der Waals surface area contributed by atoms with E-state index in [0.717, 1.165) is 19.3 Å². The number of nitrogens with zero attached hydrogens (tertiary/aromatic N) is 1. The minimum absolute atomic E-state index is 0.136. The second-order valence-corrected chi connectivity index (χ2v) is 4.95. The van der Waals surface area contributed by atoms with Crippen molar-refractivity contribution in [2.45, 2.75) is 0 Å². The fourth-order valence-electron chi connectivity index (χ4n) is 2.00. The van der Waals surface area contributed by atoms with Crippen LogP contribution in [0.3, 0.4) is 0 Å². The number of hydrogen-bond donors (Lipinski definition) is 2. The summed E-state index contributed by atoms with van der Waals surface area (Å²) in [6.45, 7) is 0. The van der Waals surface area contributed by atoms with Crippen LogP contribution in [0.2, 0.25) is 0 Å². The Labute approximate surface area is 147 Å². The average molecular weight is 359 g/mol. The first-order valence-corrected chi connectivity index (χ1v) is 7.27. The summed E-state index contributed by atoms with van der Waals surface area (Å²) in [6, 6.07) is 9.52. The highest BCUT2D eigenvalue weighted by Gasteiger charge is 2.11. The van der Waals surface area contributed by atoms with Crippen molar-refractivity contribution in [1.82, 2.24) is 0 Å². The van der Waals surface area contributed by atoms with Gasteiger partial charge in [0.1, 0.15) is 5.82 Å². The number of nitro groups is 1. The minimum atomic E-state index is -0.858. The van der Waals surface area contributed by atoms with E-state index >= 15 is 0 Å². The lowest BCUT2D eigenvalue weighted by molar-refractivity contribution is -0.385. The van der Waals surface area contributed by atoms with Crippen molar-refractivity contribution in [1.29, 1.82) is 0 Å². The highest BCUT2D eigenvalue weighted by molar-refractivity contribution is 6.02. The van der Waals surface area contributed by atoms with E-state index in [1.807, 2.05) is 0 Å². The van der Waals surface area contributed by atoms with E-state index in [4.69, 9.17) is 0 Å². The van der Waals surface area contributed by atoms with E-state index < -0.39 is 22.7 Å². The standard InChI is InChI=1S/C17H14FN3O5/c1-26-17(23)20-14-10-12(7-8-13(14)18)19-16(22)9-6-11-4-2-3-5-15(11)21(24)25/h2-10H,1H3,(H,19,22)(H,20,23). The molecule has 0 aliphatic heterocycles. The number of carbonyl (C=O) groups is 2. The number of hydrogen-bond acceptors (Lipinski definition) is 5. The van der Waals surface area contributed by atoms with Crippen LogP contribution in [0.4, 0.5) is 26.2 Å². The van der Waals surface area contributed by atoms with E-state index in [1.165, 1.54) is 36.4 Å². The van der Waals surface area contributed by atoms with Gasteiger partial charge in [-0.15, -0.1) is 0 Å². The molecule has 0 fully saturated rings. The number of nitro benzene ring substituents is 1. The Bertz CT molecular complexity index is 882. The molecule has 2 N–H and O–H groups in total. The van der Waals surface area contributed by atoms with Gasteiger partial charge in [0.25, 0.3) is 5.69 Å². The molecule has 0 bridgehead atoms. The maximum absolute atomic E-state index is 13.6. The minimum Gasteiger partial charge on any atom is -0.453 e. The van der Waals surface area contributed by atoms with Gasteiger partial charge in [-0.2, -0.15) is 0 Å². The van der Waals surface area contributed by atoms with Gasteiger partial charge in [0.2, 0.25) is 5.91 Å². The number of rotatable bonds is 5. The third kappa shape index (κ3) is 4.87. The Morgan fingerprint density at radius 2 is 1.92 bits per heavy atom. The highest BCUT2D eigenvalue weighted by Crippen LogP contribution is 2.21. The van der Waals surface area contributed by atoms with Crippen molar-refractivity contribution in [2.24, 2.45) is 0 Å². The third-order valence-electron chi connectivity index (χ3n) is 3.20. The Balaban J connectivity index is 2.12. The van der Waals surface area contributed by atoms with Crippen LogP contribution in [-0.4, -0.2) is 24.0 Å². The van der Waals surface area contributed by atoms with Crippen LogP contribution in [0, 0.1) is 15.9 Å². The van der Waals surface area contributed by atoms with E-state index in [0.29, 0.717) is 0 Å². The molecule has 0 heterocycles. The van der Waals surface area contributed by atoms with Crippen molar-refractivity contribution >= 4 is 35.1 Å². The second kappa shape index (κ2) is 8.38. The monoisotopic (exact) mass is 359 g/mol. The molecule has 2 amide bonds. The molecule has 0 aliphatic rings. The zero-order valence-electron chi connectivity index (χ0n) is 13.6. The zero-order valence-corrected chi connectivity index (χ0v) is 13.6. The SMILES string of the molecule is COC(=O)Nc1cc(NC(=O)C=Cc2ccccc2[N+](=O)[O-])ccc1F. The van der Waals surface area contributed by atoms with Gasteiger partial charge in [-0.05, 0) is 30.3 Å². The quantitative estimate of drug-likeness (QED) is 0.482. The van der Waals surface area contributed by atoms with Gasteiger partial charge in [0.05, 0.1) is 23.3 Å². The van der Waals surface area contributed by atoms with Gasteiger partial charge in [-0.25, -0.2) is 9.18 Å². The molecule has 0 unspecified atom stereocenters. The van der Waals surface area contributed by atoms with Crippen LogP contribution < -0.4 is 10.6 Å². The summed E-state index contributed by atoms with van der Waals surface area (Å²) in [5.41, 5.74) is 0.176. The highest BCUT2D eigenvalue weighted by atomic mass is 19.1. The molecule has 0 saturated heterocycles. The van der Waals surface area contributed by atoms with Crippen molar-refractivity contribution in [3.63, 3.8) is 0 Å². The van der Waals surface area contributed by atoms with Crippen molar-refractivity contribution in [3.8, 4) is 0 Å². The predicted molar refractivity (Wildman–Crippen MR) is 93.2 cm³/mol. The van der Waals surface area contributed by atoms with E-state index in [1.54, 1.807) is 6.07 Å². The molecular weight excluding hydrogens is 345 g/mol. The third-order valence-corrected chi connectivity index (χ3v) is 3.20. The van der Waals surface area contributed by atoms with E-state index in [-0.39, 0.29) is 22.6 Å². The van der Waals surface area contributed by atoms with Crippen LogP contribution in [-0.2, 0) is 9.53 Å². The van der Waals surface area contributed by atoms with Gasteiger partial charge >= 0.3 is 6.09 Å². The Hall–Kier alpha value is -3.75. The molecule has 0 aromatic heterocycles. The average Bonchev–Trinajstić information content (AvgIpc) is 2.62. The Morgan fingerprint density at radius 1 is 1.19 bits per heavy atom.